The molecular formula is C26H37NO4Si. The van der Waals surface area contributed by atoms with Crippen LogP contribution in [0.2, 0.25) is 5.04 Å². The van der Waals surface area contributed by atoms with Crippen LogP contribution >= 0.6 is 0 Å². The minimum Gasteiger partial charge on any atom is -0.444 e. The number of carbonyl (C=O) groups excluding carboxylic acids is 1. The molecule has 1 amide bonds. The molecule has 1 heterocycles. The van der Waals surface area contributed by atoms with Crippen LogP contribution < -0.4 is 10.4 Å². The molecule has 2 aromatic rings. The lowest BCUT2D eigenvalue weighted by molar-refractivity contribution is -0.0999. The van der Waals surface area contributed by atoms with Crippen molar-refractivity contribution in [2.24, 2.45) is 0 Å². The van der Waals surface area contributed by atoms with Crippen LogP contribution in [0.5, 0.6) is 0 Å². The lowest BCUT2D eigenvalue weighted by atomic mass is 10.1. The number of amides is 1. The Balaban J connectivity index is 2.03. The van der Waals surface area contributed by atoms with Crippen molar-refractivity contribution in [2.45, 2.75) is 77.4 Å². The number of hydrogen-bond donors (Lipinski definition) is 1. The van der Waals surface area contributed by atoms with Gasteiger partial charge >= 0.3 is 6.09 Å². The van der Waals surface area contributed by atoms with Gasteiger partial charge in [0, 0.05) is 6.54 Å². The fraction of sp³-hybridized carbons (Fsp3) is 0.500. The zero-order chi connectivity index (χ0) is 23.6. The Bertz CT molecular complexity index is 850. The highest BCUT2D eigenvalue weighted by Gasteiger charge is 2.53. The minimum absolute atomic E-state index is 0.205. The first-order valence-electron chi connectivity index (χ1n) is 11.4. The van der Waals surface area contributed by atoms with Gasteiger partial charge in [0.15, 0.2) is 6.23 Å². The second kappa shape index (κ2) is 9.38. The number of piperidine rings is 1. The molecule has 0 radical (unpaired) electrons. The molecule has 0 bridgehead atoms. The highest BCUT2D eigenvalue weighted by molar-refractivity contribution is 6.99. The number of carbonyl (C=O) groups is 1. The van der Waals surface area contributed by atoms with E-state index in [1.165, 1.54) is 4.90 Å². The summed E-state index contributed by atoms with van der Waals surface area (Å²) in [6.45, 7) is 12.6. The maximum absolute atomic E-state index is 12.8. The summed E-state index contributed by atoms with van der Waals surface area (Å²) in [5.41, 5.74) is -0.622. The van der Waals surface area contributed by atoms with Gasteiger partial charge in [0.25, 0.3) is 8.32 Å². The summed E-state index contributed by atoms with van der Waals surface area (Å²) in [6, 6.07) is 20.7. The molecule has 174 valence electrons. The van der Waals surface area contributed by atoms with E-state index in [9.17, 15) is 9.90 Å². The fourth-order valence-electron chi connectivity index (χ4n) is 4.50. The predicted molar refractivity (Wildman–Crippen MR) is 131 cm³/mol. The van der Waals surface area contributed by atoms with E-state index in [2.05, 4.69) is 45.0 Å². The fourth-order valence-corrected chi connectivity index (χ4v) is 9.21. The molecule has 0 saturated carbocycles. The van der Waals surface area contributed by atoms with Gasteiger partial charge in [-0.25, -0.2) is 4.79 Å². The van der Waals surface area contributed by atoms with Gasteiger partial charge in [0.2, 0.25) is 0 Å². The number of aliphatic hydroxyl groups excluding tert-OH is 1. The standard InChI is InChI=1S/C26H37NO4Si/c1-25(2,3)30-24(29)27-19-13-18-22(23(27)28)31-32(26(4,5)6,20-14-9-7-10-15-20)21-16-11-8-12-17-21/h7-12,14-17,22-23,28H,13,18-19H2,1-6H3/t22-,23-/m0/s1. The number of ether oxygens (including phenoxy) is 1. The second-order valence-corrected chi connectivity index (χ2v) is 14.8. The first-order chi connectivity index (χ1) is 15.0. The first kappa shape index (κ1) is 24.5. The van der Waals surface area contributed by atoms with Gasteiger partial charge in [-0.05, 0) is 49.0 Å². The van der Waals surface area contributed by atoms with Crippen LogP contribution in [0.4, 0.5) is 4.79 Å². The van der Waals surface area contributed by atoms with Crippen molar-refractivity contribution < 1.29 is 19.1 Å². The van der Waals surface area contributed by atoms with Crippen LogP contribution in [0.3, 0.4) is 0 Å². The summed E-state index contributed by atoms with van der Waals surface area (Å²) in [7, 11) is -2.83. The van der Waals surface area contributed by atoms with Crippen molar-refractivity contribution in [3.05, 3.63) is 60.7 Å². The van der Waals surface area contributed by atoms with Gasteiger partial charge in [0.05, 0.1) is 6.10 Å². The Kier molecular flexibility index (Phi) is 7.17. The quantitative estimate of drug-likeness (QED) is 0.699. The average Bonchev–Trinajstić information content (AvgIpc) is 2.72. The number of nitrogens with zero attached hydrogens (tertiary/aromatic N) is 1. The van der Waals surface area contributed by atoms with Crippen LogP contribution in [-0.4, -0.2) is 48.9 Å². The SMILES string of the molecule is CC(C)(C)OC(=O)N1CCC[C@H](O[Si](c2ccccc2)(c2ccccc2)C(C)(C)C)[C@@H]1O. The van der Waals surface area contributed by atoms with Gasteiger partial charge in [-0.2, -0.15) is 0 Å². The lowest BCUT2D eigenvalue weighted by Gasteiger charge is -2.48. The highest BCUT2D eigenvalue weighted by Crippen LogP contribution is 2.39. The molecule has 2 aromatic carbocycles. The molecule has 1 aliphatic rings. The van der Waals surface area contributed by atoms with Crippen molar-refractivity contribution in [3.63, 3.8) is 0 Å². The molecule has 0 aromatic heterocycles. The van der Waals surface area contributed by atoms with Crippen LogP contribution in [0.15, 0.2) is 60.7 Å². The molecule has 0 spiro atoms. The largest absolute Gasteiger partial charge is 0.444 e. The molecule has 1 fully saturated rings. The highest BCUT2D eigenvalue weighted by atomic mass is 28.4. The van der Waals surface area contributed by atoms with Crippen LogP contribution in [0.25, 0.3) is 0 Å². The third-order valence-electron chi connectivity index (χ3n) is 5.91. The van der Waals surface area contributed by atoms with Crippen molar-refractivity contribution in [1.82, 2.24) is 4.90 Å². The molecule has 6 heteroatoms. The van der Waals surface area contributed by atoms with Crippen molar-refractivity contribution >= 4 is 24.8 Å². The zero-order valence-corrected chi connectivity index (χ0v) is 21.2. The monoisotopic (exact) mass is 455 g/mol. The normalized spacial score (nSPS) is 20.2. The summed E-state index contributed by atoms with van der Waals surface area (Å²) in [4.78, 5) is 14.2. The van der Waals surface area contributed by atoms with Gasteiger partial charge < -0.3 is 14.3 Å². The number of rotatable bonds is 4. The number of benzene rings is 2. The summed E-state index contributed by atoms with van der Waals surface area (Å²) in [5, 5.41) is 13.3. The Morgan fingerprint density at radius 3 is 1.88 bits per heavy atom. The Labute approximate surface area is 193 Å². The minimum atomic E-state index is -2.83. The second-order valence-electron chi connectivity index (χ2n) is 10.5. The lowest BCUT2D eigenvalue weighted by Crippen LogP contribution is -2.69. The van der Waals surface area contributed by atoms with E-state index in [1.807, 2.05) is 57.2 Å². The Morgan fingerprint density at radius 2 is 1.44 bits per heavy atom. The topological polar surface area (TPSA) is 59.0 Å². The average molecular weight is 456 g/mol. The van der Waals surface area contributed by atoms with Gasteiger partial charge in [-0.15, -0.1) is 0 Å². The van der Waals surface area contributed by atoms with Crippen molar-refractivity contribution in [2.75, 3.05) is 6.54 Å². The van der Waals surface area contributed by atoms with Crippen LogP contribution in [0, 0.1) is 0 Å². The third kappa shape index (κ3) is 5.08. The summed E-state index contributed by atoms with van der Waals surface area (Å²) in [5.74, 6) is 0. The van der Waals surface area contributed by atoms with E-state index in [1.54, 1.807) is 0 Å². The van der Waals surface area contributed by atoms with Crippen molar-refractivity contribution in [1.29, 1.82) is 0 Å². The Hall–Kier alpha value is -2.15. The molecule has 0 unspecified atom stereocenters. The summed E-state index contributed by atoms with van der Waals surface area (Å²) in [6.07, 6.45) is -0.618. The zero-order valence-electron chi connectivity index (χ0n) is 20.2. The van der Waals surface area contributed by atoms with Crippen LogP contribution in [0.1, 0.15) is 54.4 Å². The molecule has 1 aliphatic heterocycles. The van der Waals surface area contributed by atoms with E-state index in [0.29, 0.717) is 13.0 Å². The summed E-state index contributed by atoms with van der Waals surface area (Å²) >= 11 is 0. The Morgan fingerprint density at radius 1 is 0.938 bits per heavy atom. The van der Waals surface area contributed by atoms with E-state index < -0.39 is 32.3 Å². The van der Waals surface area contributed by atoms with Crippen LogP contribution in [-0.2, 0) is 9.16 Å². The molecule has 3 rings (SSSR count). The molecule has 5 nitrogen and oxygen atoms in total. The maximum atomic E-state index is 12.8. The maximum Gasteiger partial charge on any atom is 0.412 e. The smallest absolute Gasteiger partial charge is 0.412 e. The van der Waals surface area contributed by atoms with E-state index in [4.69, 9.17) is 9.16 Å². The summed E-state index contributed by atoms with van der Waals surface area (Å²) < 4.78 is 12.6. The first-order valence-corrected chi connectivity index (χ1v) is 13.3. The number of likely N-dealkylation sites (tertiary alicyclic amines) is 1. The molecule has 1 saturated heterocycles. The van der Waals surface area contributed by atoms with Crippen molar-refractivity contribution in [3.8, 4) is 0 Å². The van der Waals surface area contributed by atoms with Gasteiger partial charge in [0.1, 0.15) is 5.60 Å². The molecular weight excluding hydrogens is 418 g/mol. The molecule has 0 aliphatic carbocycles. The number of hydrogen-bond acceptors (Lipinski definition) is 4. The number of aliphatic hydroxyl groups is 1. The van der Waals surface area contributed by atoms with Gasteiger partial charge in [-0.3, -0.25) is 4.90 Å². The molecule has 1 N–H and O–H groups in total. The van der Waals surface area contributed by atoms with E-state index >= 15 is 0 Å². The molecule has 2 atom stereocenters. The van der Waals surface area contributed by atoms with Gasteiger partial charge in [-0.1, -0.05) is 81.4 Å². The third-order valence-corrected chi connectivity index (χ3v) is 11.0. The molecule has 32 heavy (non-hydrogen) atoms. The van der Waals surface area contributed by atoms with E-state index in [0.717, 1.165) is 16.8 Å². The van der Waals surface area contributed by atoms with E-state index in [-0.39, 0.29) is 5.04 Å². The predicted octanol–water partition coefficient (Wildman–Crippen LogP) is 4.28.